The van der Waals surface area contributed by atoms with Gasteiger partial charge in [0.2, 0.25) is 0 Å². The molecule has 0 bridgehead atoms. The van der Waals surface area contributed by atoms with Gasteiger partial charge in [0.05, 0.1) is 29.2 Å². The maximum atomic E-state index is 12.6. The lowest BCUT2D eigenvalue weighted by molar-refractivity contribution is -0.385. The molecule has 0 aliphatic heterocycles. The minimum Gasteiger partial charge on any atom is -0.505 e. The average molecular weight is 937 g/mol. The molecule has 0 spiro atoms. The van der Waals surface area contributed by atoms with Crippen LogP contribution >= 0.6 is 0 Å². The van der Waals surface area contributed by atoms with Crippen molar-refractivity contribution in [2.45, 2.75) is 14.7 Å². The molecule has 0 aromatic heterocycles. The van der Waals surface area contributed by atoms with Crippen LogP contribution in [0.1, 0.15) is 10.4 Å². The second-order valence-corrected chi connectivity index (χ2v) is 16.4. The molecule has 0 saturated carbocycles. The number of aliphatic hydroxyl groups excluding tert-OH is 2. The van der Waals surface area contributed by atoms with Crippen LogP contribution in [0.2, 0.25) is 0 Å². The molecule has 0 unspecified atom stereocenters. The lowest BCUT2D eigenvalue weighted by atomic mass is 10.1. The van der Waals surface area contributed by atoms with E-state index >= 15 is 0 Å². The van der Waals surface area contributed by atoms with Gasteiger partial charge in [-0.2, -0.15) is 30.4 Å². The number of phenolic OH excluding ortho intramolecular Hbond substituents is 2. The van der Waals surface area contributed by atoms with Gasteiger partial charge in [-0.1, -0.05) is 0 Å². The molecular formula is C33H28N8O19S3. The van der Waals surface area contributed by atoms with Crippen LogP contribution in [0.4, 0.5) is 45.5 Å². The summed E-state index contributed by atoms with van der Waals surface area (Å²) in [6.07, 6.45) is 0. The third kappa shape index (κ3) is 10.6. The monoisotopic (exact) mass is 936 g/mol. The molecule has 0 radical (unpaired) electrons. The van der Waals surface area contributed by atoms with Crippen molar-refractivity contribution < 1.29 is 83.6 Å². The number of nitro benzene ring substituents is 1. The van der Waals surface area contributed by atoms with E-state index in [4.69, 9.17) is 15.2 Å². The van der Waals surface area contributed by atoms with E-state index in [-0.39, 0.29) is 22.9 Å². The number of aliphatic hydroxyl groups is 2. The summed E-state index contributed by atoms with van der Waals surface area (Å²) >= 11 is 0. The van der Waals surface area contributed by atoms with Crippen LogP contribution < -0.4 is 15.2 Å². The van der Waals surface area contributed by atoms with Crippen LogP contribution in [0.25, 0.3) is 10.8 Å². The van der Waals surface area contributed by atoms with E-state index in [1.54, 1.807) is 0 Å². The second kappa shape index (κ2) is 18.3. The predicted octanol–water partition coefficient (Wildman–Crippen LogP) is 5.17. The lowest BCUT2D eigenvalue weighted by Gasteiger charge is -2.14. The first-order valence-corrected chi connectivity index (χ1v) is 21.1. The van der Waals surface area contributed by atoms with Crippen LogP contribution in [-0.4, -0.2) is 102 Å². The lowest BCUT2D eigenvalue weighted by Crippen LogP contribution is -2.04. The molecule has 5 aromatic carbocycles. The molecule has 63 heavy (non-hydrogen) atoms. The Labute approximate surface area is 352 Å². The normalized spacial score (nSPS) is 12.5. The molecule has 0 atom stereocenters. The van der Waals surface area contributed by atoms with Gasteiger partial charge in [0.15, 0.2) is 11.5 Å². The number of benzene rings is 5. The van der Waals surface area contributed by atoms with Gasteiger partial charge in [0.1, 0.15) is 73.4 Å². The molecular weight excluding hydrogens is 909 g/mol. The van der Waals surface area contributed by atoms with Gasteiger partial charge in [-0.25, -0.2) is 4.79 Å². The number of hydrogen-bond acceptors (Lipinski definition) is 22. The maximum absolute atomic E-state index is 12.6. The summed E-state index contributed by atoms with van der Waals surface area (Å²) in [7, 11) is -15.7. The summed E-state index contributed by atoms with van der Waals surface area (Å²) in [6, 6.07) is 8.57. The molecule has 30 heteroatoms. The van der Waals surface area contributed by atoms with Crippen LogP contribution in [0.5, 0.6) is 23.0 Å². The molecule has 0 fully saturated rings. The van der Waals surface area contributed by atoms with Crippen molar-refractivity contribution in [1.29, 1.82) is 0 Å². The number of carboxylic acids is 1. The SMILES string of the molecule is Nc1ccc(N=Nc2cc(OCCO)c(N=Nc3c(S(=O)(=O)O)cc4cc(S(=O)(=O)O)c(N=Nc5ccc([N+](=O)[O-])c(C(=O)O)c5)c(O)c4c3O)cc2OCCO)c(S(=O)(=O)O)c1. The van der Waals surface area contributed by atoms with Gasteiger partial charge in [-0.15, -0.1) is 25.6 Å². The summed E-state index contributed by atoms with van der Waals surface area (Å²) in [5.41, 5.74) is 0.0107. The maximum Gasteiger partial charge on any atom is 0.342 e. The van der Waals surface area contributed by atoms with Crippen LogP contribution in [0.15, 0.2) is 106 Å². The van der Waals surface area contributed by atoms with Crippen molar-refractivity contribution in [1.82, 2.24) is 0 Å². The first-order valence-electron chi connectivity index (χ1n) is 16.8. The zero-order valence-corrected chi connectivity index (χ0v) is 33.6. The zero-order chi connectivity index (χ0) is 46.6. The number of rotatable bonds is 17. The first-order chi connectivity index (χ1) is 29.5. The third-order valence-corrected chi connectivity index (χ3v) is 10.6. The Kier molecular flexibility index (Phi) is 13.6. The van der Waals surface area contributed by atoms with E-state index in [0.717, 1.165) is 36.4 Å². The smallest absolute Gasteiger partial charge is 0.342 e. The van der Waals surface area contributed by atoms with E-state index < -0.39 is 144 Å². The summed E-state index contributed by atoms with van der Waals surface area (Å²) in [5.74, 6) is -5.07. The van der Waals surface area contributed by atoms with Crippen molar-refractivity contribution >= 4 is 92.6 Å². The number of nitro groups is 1. The number of nitrogens with zero attached hydrogens (tertiary/aromatic N) is 7. The number of nitrogens with two attached hydrogens (primary N) is 1. The number of fused-ring (bicyclic) bond motifs is 1. The fourth-order valence-corrected chi connectivity index (χ4v) is 7.31. The number of ether oxygens (including phenoxy) is 2. The van der Waals surface area contributed by atoms with Gasteiger partial charge in [-0.05, 0) is 47.9 Å². The fraction of sp³-hybridized carbons (Fsp3) is 0.121. The topological polar surface area (TPSA) is 443 Å². The standard InChI is InChI=1S/C33H28N8O19S3/c34-16-1-3-19(25(11-16)61(50,51)52)36-37-20-13-24(60-8-6-43)21(14-23(20)59-7-5-42)38-40-30-27(63(56,57)58)10-15-9-26(62(53,54)55)29(31(44)28(15)32(30)45)39-35-17-2-4-22(41(48)49)18(12-17)33(46)47/h1-4,9-14,42-45H,5-8,34H2,(H,46,47)(H,50,51,52)(H,53,54,55)(H,56,57,58). The molecule has 332 valence electrons. The highest BCUT2D eigenvalue weighted by molar-refractivity contribution is 7.86. The van der Waals surface area contributed by atoms with Gasteiger partial charge < -0.3 is 40.7 Å². The van der Waals surface area contributed by atoms with Crippen LogP contribution in [0, 0.1) is 10.1 Å². The van der Waals surface area contributed by atoms with E-state index in [1.807, 2.05) is 0 Å². The Bertz CT molecular complexity index is 3130. The Morgan fingerprint density at radius 1 is 0.651 bits per heavy atom. The highest BCUT2D eigenvalue weighted by Gasteiger charge is 2.29. The van der Waals surface area contributed by atoms with Crippen LogP contribution in [-0.2, 0) is 30.4 Å². The van der Waals surface area contributed by atoms with Gasteiger partial charge in [0.25, 0.3) is 36.0 Å². The third-order valence-electron chi connectivity index (χ3n) is 8.00. The largest absolute Gasteiger partial charge is 0.505 e. The molecule has 5 aromatic rings. The number of carbonyl (C=O) groups is 1. The minimum absolute atomic E-state index is 0.0566. The summed E-state index contributed by atoms with van der Waals surface area (Å²) in [5, 5.41) is 83.2. The summed E-state index contributed by atoms with van der Waals surface area (Å²) < 4.78 is 115. The number of nitrogen functional groups attached to an aromatic ring is 1. The average Bonchev–Trinajstić information content (AvgIpc) is 3.19. The van der Waals surface area contributed by atoms with E-state index in [0.29, 0.717) is 18.2 Å². The van der Waals surface area contributed by atoms with Crippen molar-refractivity contribution in [2.75, 3.05) is 32.2 Å². The second-order valence-electron chi connectivity index (χ2n) is 12.2. The molecule has 0 amide bonds. The molecule has 5 rings (SSSR count). The minimum atomic E-state index is -5.45. The van der Waals surface area contributed by atoms with E-state index in [1.165, 1.54) is 6.07 Å². The number of hydrogen-bond donors (Lipinski definition) is 9. The quantitative estimate of drug-likeness (QED) is 0.0191. The number of phenols is 2. The first kappa shape index (κ1) is 46.7. The Hall–Kier alpha value is -7.32. The predicted molar refractivity (Wildman–Crippen MR) is 212 cm³/mol. The van der Waals surface area contributed by atoms with Crippen molar-refractivity contribution in [3.63, 3.8) is 0 Å². The molecule has 0 aliphatic carbocycles. The van der Waals surface area contributed by atoms with Gasteiger partial charge in [-0.3, -0.25) is 23.8 Å². The van der Waals surface area contributed by atoms with Crippen molar-refractivity contribution in [2.24, 2.45) is 30.7 Å². The highest BCUT2D eigenvalue weighted by Crippen LogP contribution is 2.51. The Morgan fingerprint density at radius 2 is 1.13 bits per heavy atom. The summed E-state index contributed by atoms with van der Waals surface area (Å²) in [6.45, 7) is -2.04. The number of aromatic hydroxyl groups is 2. The molecule has 27 nitrogen and oxygen atoms in total. The van der Waals surface area contributed by atoms with Crippen LogP contribution in [0.3, 0.4) is 0 Å². The van der Waals surface area contributed by atoms with Gasteiger partial charge in [0, 0.05) is 23.9 Å². The van der Waals surface area contributed by atoms with E-state index in [9.17, 15) is 79.4 Å². The van der Waals surface area contributed by atoms with Gasteiger partial charge >= 0.3 is 5.97 Å². The molecule has 0 saturated heterocycles. The number of anilines is 1. The van der Waals surface area contributed by atoms with Crippen molar-refractivity contribution in [3.8, 4) is 23.0 Å². The molecule has 0 aliphatic rings. The summed E-state index contributed by atoms with van der Waals surface area (Å²) in [4.78, 5) is 18.6. The zero-order valence-electron chi connectivity index (χ0n) is 31.1. The number of carboxylic acid groups (broad SMARTS) is 1. The highest BCUT2D eigenvalue weighted by atomic mass is 32.2. The Balaban J connectivity index is 1.73. The van der Waals surface area contributed by atoms with E-state index in [2.05, 4.69) is 30.7 Å². The number of azo groups is 3. The Morgan fingerprint density at radius 3 is 1.59 bits per heavy atom. The van der Waals surface area contributed by atoms with Crippen molar-refractivity contribution in [3.05, 3.63) is 76.3 Å². The fourth-order valence-electron chi connectivity index (χ4n) is 5.34. The number of aromatic carboxylic acids is 1. The molecule has 10 N–H and O–H groups in total. The molecule has 0 heterocycles.